The van der Waals surface area contributed by atoms with Crippen LogP contribution < -0.4 is 11.3 Å². The van der Waals surface area contributed by atoms with Crippen LogP contribution in [0.15, 0.2) is 12.3 Å². The van der Waals surface area contributed by atoms with Crippen LogP contribution in [-0.2, 0) is 0 Å². The first-order valence-electron chi connectivity index (χ1n) is 4.34. The van der Waals surface area contributed by atoms with Crippen molar-refractivity contribution in [3.63, 3.8) is 0 Å². The van der Waals surface area contributed by atoms with Gasteiger partial charge in [-0.05, 0) is 13.8 Å². The van der Waals surface area contributed by atoms with Gasteiger partial charge in [-0.2, -0.15) is 0 Å². The first kappa shape index (κ1) is 11.2. The molecule has 1 rings (SSSR count). The van der Waals surface area contributed by atoms with Crippen molar-refractivity contribution in [2.75, 3.05) is 0 Å². The quantitative estimate of drug-likeness (QED) is 0.331. The molecule has 0 fully saturated rings. The summed E-state index contributed by atoms with van der Waals surface area (Å²) in [7, 11) is 0. The molecule has 7 nitrogen and oxygen atoms in total. The molecular formula is C8H12N4O3. The number of nitrogen functional groups attached to an aromatic ring is 1. The van der Waals surface area contributed by atoms with E-state index < -0.39 is 10.8 Å². The van der Waals surface area contributed by atoms with Gasteiger partial charge in [-0.3, -0.25) is 20.3 Å². The Hall–Kier alpha value is -1.89. The number of carbonyl (C=O) groups excluding carboxylic acids is 1. The minimum absolute atomic E-state index is 0.0500. The van der Waals surface area contributed by atoms with Gasteiger partial charge < -0.3 is 4.57 Å². The molecule has 1 heterocycles. The Morgan fingerprint density at radius 1 is 1.67 bits per heavy atom. The third-order valence-corrected chi connectivity index (χ3v) is 1.97. The van der Waals surface area contributed by atoms with Crippen LogP contribution in [-0.4, -0.2) is 15.4 Å². The zero-order chi connectivity index (χ0) is 11.6. The number of rotatable bonds is 3. The van der Waals surface area contributed by atoms with Crippen LogP contribution >= 0.6 is 0 Å². The maximum atomic E-state index is 11.3. The first-order valence-corrected chi connectivity index (χ1v) is 4.34. The van der Waals surface area contributed by atoms with Crippen molar-refractivity contribution in [2.45, 2.75) is 19.9 Å². The molecule has 0 aliphatic carbocycles. The molecule has 15 heavy (non-hydrogen) atoms. The molecule has 0 spiro atoms. The SMILES string of the molecule is CC(C)n1cc([N+](=O)[O-])cc1C(=O)NN. The largest absolute Gasteiger partial charge is 0.335 e. The van der Waals surface area contributed by atoms with E-state index in [1.807, 2.05) is 19.3 Å². The van der Waals surface area contributed by atoms with Crippen LogP contribution in [0.5, 0.6) is 0 Å². The summed E-state index contributed by atoms with van der Waals surface area (Å²) in [6.07, 6.45) is 1.31. The number of amides is 1. The van der Waals surface area contributed by atoms with E-state index in [0.717, 1.165) is 0 Å². The topological polar surface area (TPSA) is 103 Å². The summed E-state index contributed by atoms with van der Waals surface area (Å²) in [6.45, 7) is 3.63. The fourth-order valence-corrected chi connectivity index (χ4v) is 1.25. The molecule has 0 aliphatic rings. The van der Waals surface area contributed by atoms with Crippen LogP contribution in [0.1, 0.15) is 30.4 Å². The van der Waals surface area contributed by atoms with Gasteiger partial charge in [-0.1, -0.05) is 0 Å². The predicted octanol–water partition coefficient (Wildman–Crippen LogP) is 0.581. The highest BCUT2D eigenvalue weighted by Crippen LogP contribution is 2.20. The number of hydrogen-bond donors (Lipinski definition) is 2. The molecule has 0 aromatic carbocycles. The van der Waals surface area contributed by atoms with Gasteiger partial charge in [0.05, 0.1) is 11.1 Å². The van der Waals surface area contributed by atoms with Gasteiger partial charge in [0, 0.05) is 12.1 Å². The van der Waals surface area contributed by atoms with Crippen molar-refractivity contribution in [3.8, 4) is 0 Å². The van der Waals surface area contributed by atoms with Crippen LogP contribution in [0.2, 0.25) is 0 Å². The fourth-order valence-electron chi connectivity index (χ4n) is 1.25. The Labute approximate surface area is 86.0 Å². The molecule has 0 radical (unpaired) electrons. The lowest BCUT2D eigenvalue weighted by Crippen LogP contribution is -2.31. The molecule has 0 aliphatic heterocycles. The Morgan fingerprint density at radius 2 is 2.27 bits per heavy atom. The van der Waals surface area contributed by atoms with Crippen molar-refractivity contribution in [2.24, 2.45) is 5.84 Å². The van der Waals surface area contributed by atoms with E-state index in [0.29, 0.717) is 0 Å². The van der Waals surface area contributed by atoms with E-state index in [4.69, 9.17) is 5.84 Å². The number of nitro groups is 1. The maximum Gasteiger partial charge on any atom is 0.287 e. The predicted molar refractivity (Wildman–Crippen MR) is 53.1 cm³/mol. The third-order valence-electron chi connectivity index (χ3n) is 1.97. The second-order valence-corrected chi connectivity index (χ2v) is 3.32. The van der Waals surface area contributed by atoms with Gasteiger partial charge in [0.25, 0.3) is 11.6 Å². The smallest absolute Gasteiger partial charge is 0.287 e. The third kappa shape index (κ3) is 2.13. The Balaban J connectivity index is 3.23. The highest BCUT2D eigenvalue weighted by molar-refractivity contribution is 5.93. The minimum atomic E-state index is -0.549. The zero-order valence-corrected chi connectivity index (χ0v) is 8.43. The number of carbonyl (C=O) groups is 1. The Kier molecular flexibility index (Phi) is 3.05. The van der Waals surface area contributed by atoms with E-state index in [2.05, 4.69) is 0 Å². The molecule has 0 unspecified atom stereocenters. The van der Waals surface area contributed by atoms with Crippen molar-refractivity contribution in [1.29, 1.82) is 0 Å². The monoisotopic (exact) mass is 212 g/mol. The van der Waals surface area contributed by atoms with E-state index in [1.54, 1.807) is 0 Å². The molecule has 1 aromatic heterocycles. The second-order valence-electron chi connectivity index (χ2n) is 3.32. The van der Waals surface area contributed by atoms with Gasteiger partial charge in [0.1, 0.15) is 5.69 Å². The molecule has 0 saturated carbocycles. The van der Waals surface area contributed by atoms with Crippen molar-refractivity contribution >= 4 is 11.6 Å². The molecule has 7 heteroatoms. The molecule has 3 N–H and O–H groups in total. The summed E-state index contributed by atoms with van der Waals surface area (Å²) in [4.78, 5) is 21.3. The first-order chi connectivity index (χ1) is 6.97. The van der Waals surface area contributed by atoms with Gasteiger partial charge in [-0.25, -0.2) is 5.84 Å². The van der Waals surface area contributed by atoms with E-state index in [1.165, 1.54) is 16.8 Å². The second kappa shape index (κ2) is 4.09. The van der Waals surface area contributed by atoms with Gasteiger partial charge >= 0.3 is 0 Å². The van der Waals surface area contributed by atoms with Gasteiger partial charge in [0.2, 0.25) is 0 Å². The normalized spacial score (nSPS) is 10.4. The highest BCUT2D eigenvalue weighted by atomic mass is 16.6. The Morgan fingerprint density at radius 3 is 2.67 bits per heavy atom. The molecule has 0 bridgehead atoms. The standard InChI is InChI=1S/C8H12N4O3/c1-5(2)11-4-6(12(14)15)3-7(11)8(13)10-9/h3-5H,9H2,1-2H3,(H,10,13). The number of nitrogens with zero attached hydrogens (tertiary/aromatic N) is 2. The average molecular weight is 212 g/mol. The molecular weight excluding hydrogens is 200 g/mol. The average Bonchev–Trinajstić information content (AvgIpc) is 2.61. The van der Waals surface area contributed by atoms with Gasteiger partial charge in [0.15, 0.2) is 0 Å². The van der Waals surface area contributed by atoms with Crippen LogP contribution in [0.4, 0.5) is 5.69 Å². The molecule has 0 saturated heterocycles. The molecule has 82 valence electrons. The number of hydrogen-bond acceptors (Lipinski definition) is 4. The lowest BCUT2D eigenvalue weighted by molar-refractivity contribution is -0.384. The summed E-state index contributed by atoms with van der Waals surface area (Å²) in [5.74, 6) is 4.43. The fraction of sp³-hybridized carbons (Fsp3) is 0.375. The summed E-state index contributed by atoms with van der Waals surface area (Å²) in [5.41, 5.74) is 2.00. The molecule has 1 aromatic rings. The molecule has 0 atom stereocenters. The number of nitrogens with two attached hydrogens (primary N) is 1. The van der Waals surface area contributed by atoms with Crippen LogP contribution in [0.3, 0.4) is 0 Å². The van der Waals surface area contributed by atoms with Crippen molar-refractivity contribution in [3.05, 3.63) is 28.1 Å². The number of hydrazine groups is 1. The summed E-state index contributed by atoms with van der Waals surface area (Å²) in [5, 5.41) is 10.5. The lowest BCUT2D eigenvalue weighted by Gasteiger charge is -2.10. The van der Waals surface area contributed by atoms with E-state index >= 15 is 0 Å². The Bertz CT molecular complexity index is 397. The lowest BCUT2D eigenvalue weighted by atomic mass is 10.3. The maximum absolute atomic E-state index is 11.3. The number of nitrogens with one attached hydrogen (secondary N) is 1. The highest BCUT2D eigenvalue weighted by Gasteiger charge is 2.19. The van der Waals surface area contributed by atoms with Crippen LogP contribution in [0, 0.1) is 10.1 Å². The van der Waals surface area contributed by atoms with Crippen molar-refractivity contribution in [1.82, 2.24) is 9.99 Å². The summed E-state index contributed by atoms with van der Waals surface area (Å²) >= 11 is 0. The van der Waals surface area contributed by atoms with E-state index in [9.17, 15) is 14.9 Å². The molecule has 1 amide bonds. The minimum Gasteiger partial charge on any atom is -0.335 e. The zero-order valence-electron chi connectivity index (χ0n) is 8.43. The van der Waals surface area contributed by atoms with Crippen molar-refractivity contribution < 1.29 is 9.72 Å². The summed E-state index contributed by atoms with van der Waals surface area (Å²) < 4.78 is 1.50. The van der Waals surface area contributed by atoms with Gasteiger partial charge in [-0.15, -0.1) is 0 Å². The van der Waals surface area contributed by atoms with Crippen LogP contribution in [0.25, 0.3) is 0 Å². The number of aromatic nitrogens is 1. The summed E-state index contributed by atoms with van der Waals surface area (Å²) in [6, 6.07) is 1.15. The van der Waals surface area contributed by atoms with E-state index in [-0.39, 0.29) is 17.4 Å².